The highest BCUT2D eigenvalue weighted by Gasteiger charge is 2.15. The molecule has 0 fully saturated rings. The van der Waals surface area contributed by atoms with Gasteiger partial charge in [0.15, 0.2) is 0 Å². The number of aromatic nitrogens is 1. The van der Waals surface area contributed by atoms with E-state index in [0.717, 1.165) is 36.2 Å². The molecule has 1 aromatic heterocycles. The Morgan fingerprint density at radius 3 is 3.17 bits per heavy atom. The number of pyridine rings is 1. The van der Waals surface area contributed by atoms with Gasteiger partial charge in [0.25, 0.3) is 0 Å². The Morgan fingerprint density at radius 2 is 2.33 bits per heavy atom. The van der Waals surface area contributed by atoms with Crippen LogP contribution in [0.2, 0.25) is 0 Å². The Balaban J connectivity index is 2.51. The summed E-state index contributed by atoms with van der Waals surface area (Å²) < 4.78 is 0. The smallest absolute Gasteiger partial charge is 0.0886 e. The van der Waals surface area contributed by atoms with E-state index >= 15 is 0 Å². The van der Waals surface area contributed by atoms with Crippen LogP contribution in [0.4, 0.5) is 0 Å². The Hall–Kier alpha value is -1.38. The maximum atomic E-state index is 8.70. The molecule has 1 heterocycles. The molecule has 1 aliphatic rings. The van der Waals surface area contributed by atoms with Crippen molar-refractivity contribution in [3.63, 3.8) is 0 Å². The van der Waals surface area contributed by atoms with Crippen LogP contribution < -0.4 is 0 Å². The normalized spacial score (nSPS) is 19.2. The van der Waals surface area contributed by atoms with Gasteiger partial charge in [-0.2, -0.15) is 0 Å². The number of rotatable bonds is 0. The SMILES string of the molecule is O/N=C1\CCCc2ncccc21. The third kappa shape index (κ3) is 1.07. The number of nitrogens with zero attached hydrogens (tertiary/aromatic N) is 2. The van der Waals surface area contributed by atoms with Crippen molar-refractivity contribution in [3.8, 4) is 0 Å². The van der Waals surface area contributed by atoms with Crippen molar-refractivity contribution in [2.24, 2.45) is 5.16 Å². The minimum absolute atomic E-state index is 0.768. The van der Waals surface area contributed by atoms with Gasteiger partial charge in [-0.3, -0.25) is 4.98 Å². The summed E-state index contributed by atoms with van der Waals surface area (Å²) >= 11 is 0. The van der Waals surface area contributed by atoms with Crippen LogP contribution in [0.5, 0.6) is 0 Å². The summed E-state index contributed by atoms with van der Waals surface area (Å²) in [5.74, 6) is 0. The highest BCUT2D eigenvalue weighted by atomic mass is 16.4. The van der Waals surface area contributed by atoms with Gasteiger partial charge in [-0.15, -0.1) is 0 Å². The molecule has 1 N–H and O–H groups in total. The van der Waals surface area contributed by atoms with Crippen molar-refractivity contribution in [1.29, 1.82) is 0 Å². The molecule has 0 aliphatic heterocycles. The highest BCUT2D eigenvalue weighted by Crippen LogP contribution is 2.18. The molecule has 62 valence electrons. The first-order chi connectivity index (χ1) is 5.92. The van der Waals surface area contributed by atoms with E-state index in [0.29, 0.717) is 0 Å². The van der Waals surface area contributed by atoms with Gasteiger partial charge < -0.3 is 5.21 Å². The van der Waals surface area contributed by atoms with Crippen molar-refractivity contribution in [2.45, 2.75) is 19.3 Å². The van der Waals surface area contributed by atoms with Gasteiger partial charge in [-0.1, -0.05) is 5.16 Å². The highest BCUT2D eigenvalue weighted by molar-refractivity contribution is 6.01. The van der Waals surface area contributed by atoms with Crippen LogP contribution in [0.15, 0.2) is 23.5 Å². The second-order valence-corrected chi connectivity index (χ2v) is 2.90. The second-order valence-electron chi connectivity index (χ2n) is 2.90. The van der Waals surface area contributed by atoms with Crippen molar-refractivity contribution in [3.05, 3.63) is 29.6 Å². The Kier molecular flexibility index (Phi) is 1.78. The largest absolute Gasteiger partial charge is 0.411 e. The lowest BCUT2D eigenvalue weighted by atomic mass is 9.94. The summed E-state index contributed by atoms with van der Waals surface area (Å²) in [5, 5.41) is 12.0. The van der Waals surface area contributed by atoms with E-state index in [4.69, 9.17) is 5.21 Å². The van der Waals surface area contributed by atoms with Gasteiger partial charge in [0, 0.05) is 17.5 Å². The van der Waals surface area contributed by atoms with Gasteiger partial charge in [-0.05, 0) is 31.4 Å². The third-order valence-electron chi connectivity index (χ3n) is 2.15. The molecule has 0 atom stereocenters. The summed E-state index contributed by atoms with van der Waals surface area (Å²) in [6.07, 6.45) is 4.66. The van der Waals surface area contributed by atoms with Crippen molar-refractivity contribution in [2.75, 3.05) is 0 Å². The minimum Gasteiger partial charge on any atom is -0.411 e. The molecular weight excluding hydrogens is 152 g/mol. The first-order valence-electron chi connectivity index (χ1n) is 4.07. The van der Waals surface area contributed by atoms with Gasteiger partial charge >= 0.3 is 0 Å². The zero-order valence-electron chi connectivity index (χ0n) is 6.70. The maximum Gasteiger partial charge on any atom is 0.0886 e. The summed E-state index contributed by atoms with van der Waals surface area (Å²) in [6, 6.07) is 3.83. The lowest BCUT2D eigenvalue weighted by Gasteiger charge is -2.14. The Morgan fingerprint density at radius 1 is 1.42 bits per heavy atom. The van der Waals surface area contributed by atoms with Gasteiger partial charge in [0.1, 0.15) is 0 Å². The summed E-state index contributed by atoms with van der Waals surface area (Å²) in [4.78, 5) is 4.23. The summed E-state index contributed by atoms with van der Waals surface area (Å²) in [6.45, 7) is 0. The van der Waals surface area contributed by atoms with Crippen molar-refractivity contribution >= 4 is 5.71 Å². The fourth-order valence-corrected chi connectivity index (χ4v) is 1.56. The molecule has 0 bridgehead atoms. The quantitative estimate of drug-likeness (QED) is 0.465. The first-order valence-corrected chi connectivity index (χ1v) is 4.07. The molecule has 3 nitrogen and oxygen atoms in total. The number of hydrogen-bond acceptors (Lipinski definition) is 3. The van der Waals surface area contributed by atoms with E-state index in [-0.39, 0.29) is 0 Å². The van der Waals surface area contributed by atoms with Gasteiger partial charge in [-0.25, -0.2) is 0 Å². The molecule has 2 rings (SSSR count). The second kappa shape index (κ2) is 2.93. The Labute approximate surface area is 70.7 Å². The van der Waals surface area contributed by atoms with E-state index in [1.165, 1.54) is 0 Å². The van der Waals surface area contributed by atoms with Crippen LogP contribution in [-0.4, -0.2) is 15.9 Å². The fraction of sp³-hybridized carbons (Fsp3) is 0.333. The van der Waals surface area contributed by atoms with Crippen LogP contribution in [-0.2, 0) is 6.42 Å². The molecule has 0 radical (unpaired) electrons. The van der Waals surface area contributed by atoms with Crippen LogP contribution in [0.25, 0.3) is 0 Å². The van der Waals surface area contributed by atoms with Crippen LogP contribution >= 0.6 is 0 Å². The fourth-order valence-electron chi connectivity index (χ4n) is 1.56. The summed E-state index contributed by atoms with van der Waals surface area (Å²) in [7, 11) is 0. The number of aryl methyl sites for hydroxylation is 1. The molecule has 3 heteroatoms. The van der Waals surface area contributed by atoms with Crippen LogP contribution in [0, 0.1) is 0 Å². The van der Waals surface area contributed by atoms with Gasteiger partial charge in [0.2, 0.25) is 0 Å². The van der Waals surface area contributed by atoms with E-state index in [2.05, 4.69) is 10.1 Å². The van der Waals surface area contributed by atoms with Gasteiger partial charge in [0.05, 0.1) is 5.71 Å². The van der Waals surface area contributed by atoms with E-state index in [1.54, 1.807) is 6.20 Å². The predicted octanol–water partition coefficient (Wildman–Crippen LogP) is 1.60. The molecule has 0 amide bonds. The topological polar surface area (TPSA) is 45.5 Å². The molecule has 1 aliphatic carbocycles. The molecule has 0 spiro atoms. The monoisotopic (exact) mass is 162 g/mol. The van der Waals surface area contributed by atoms with Crippen molar-refractivity contribution in [1.82, 2.24) is 4.98 Å². The zero-order chi connectivity index (χ0) is 8.39. The number of oxime groups is 1. The molecule has 0 unspecified atom stereocenters. The molecule has 0 aromatic carbocycles. The summed E-state index contributed by atoms with van der Waals surface area (Å²) in [5.41, 5.74) is 2.83. The van der Waals surface area contributed by atoms with E-state index < -0.39 is 0 Å². The van der Waals surface area contributed by atoms with E-state index in [9.17, 15) is 0 Å². The first kappa shape index (κ1) is 7.28. The predicted molar refractivity (Wildman–Crippen MR) is 45.5 cm³/mol. The zero-order valence-corrected chi connectivity index (χ0v) is 6.70. The number of fused-ring (bicyclic) bond motifs is 1. The molecule has 1 aromatic rings. The third-order valence-corrected chi connectivity index (χ3v) is 2.15. The van der Waals surface area contributed by atoms with Crippen LogP contribution in [0.1, 0.15) is 24.1 Å². The molecule has 0 saturated carbocycles. The molecule has 0 saturated heterocycles. The molecular formula is C9H10N2O. The minimum atomic E-state index is 0.768. The lowest BCUT2D eigenvalue weighted by Crippen LogP contribution is -2.12. The number of hydrogen-bond donors (Lipinski definition) is 1. The Bertz CT molecular complexity index is 320. The van der Waals surface area contributed by atoms with Crippen molar-refractivity contribution < 1.29 is 5.21 Å². The van der Waals surface area contributed by atoms with Crippen LogP contribution in [0.3, 0.4) is 0 Å². The molecule has 12 heavy (non-hydrogen) atoms. The standard InChI is InChI=1S/C9H10N2O/c12-11-9-5-1-4-8-7(9)3-2-6-10-8/h2-3,6,12H,1,4-5H2/b11-9+. The van der Waals surface area contributed by atoms with E-state index in [1.807, 2.05) is 12.1 Å². The average molecular weight is 162 g/mol. The lowest BCUT2D eigenvalue weighted by molar-refractivity contribution is 0.317. The average Bonchev–Trinajstić information content (AvgIpc) is 2.17. The maximum absolute atomic E-state index is 8.70.